The molecule has 3 N–H and O–H groups in total. The number of nitrogens with two attached hydrogens (primary N) is 1. The summed E-state index contributed by atoms with van der Waals surface area (Å²) in [6.07, 6.45) is 3.88. The molecule has 0 spiro atoms. The second kappa shape index (κ2) is 5.28. The van der Waals surface area contributed by atoms with Crippen LogP contribution in [0.5, 0.6) is 0 Å². The Morgan fingerprint density at radius 1 is 1.60 bits per heavy atom. The number of hydrogen-bond acceptors (Lipinski definition) is 4. The Morgan fingerprint density at radius 2 is 2.45 bits per heavy atom. The highest BCUT2D eigenvalue weighted by atomic mass is 32.1. The maximum Gasteiger partial charge on any atom is 0.264 e. The van der Waals surface area contributed by atoms with Gasteiger partial charge in [0.25, 0.3) is 5.91 Å². The highest BCUT2D eigenvalue weighted by molar-refractivity contribution is 7.14. The zero-order valence-corrected chi connectivity index (χ0v) is 12.2. The molecule has 3 rings (SSSR count). The average Bonchev–Trinajstić information content (AvgIpc) is 3.09. The molecular weight excluding hydrogens is 272 g/mol. The quantitative estimate of drug-likeness (QED) is 0.891. The number of H-pyrrole nitrogens is 1. The number of anilines is 1. The number of carbonyl (C=O) groups excluding carboxylic acids is 1. The average molecular weight is 290 g/mol. The Kier molecular flexibility index (Phi) is 3.48. The molecule has 6 heteroatoms. The molecule has 5 nitrogen and oxygen atoms in total. The molecule has 0 aliphatic carbocycles. The number of aryl methyl sites for hydroxylation is 1. The smallest absolute Gasteiger partial charge is 0.264 e. The fraction of sp³-hybridized carbons (Fsp3) is 0.429. The van der Waals surface area contributed by atoms with Gasteiger partial charge in [-0.25, -0.2) is 0 Å². The Labute approximate surface area is 121 Å². The summed E-state index contributed by atoms with van der Waals surface area (Å²) >= 11 is 1.48. The minimum absolute atomic E-state index is 0.0963. The lowest BCUT2D eigenvalue weighted by atomic mass is 9.95. The minimum atomic E-state index is 0.0963. The van der Waals surface area contributed by atoms with Crippen LogP contribution in [0.1, 0.15) is 39.0 Å². The fourth-order valence-electron chi connectivity index (χ4n) is 2.67. The minimum Gasteiger partial charge on any atom is -0.398 e. The number of thiophene rings is 1. The maximum absolute atomic E-state index is 12.5. The summed E-state index contributed by atoms with van der Waals surface area (Å²) in [5.41, 5.74) is 7.66. The van der Waals surface area contributed by atoms with Gasteiger partial charge in [0.05, 0.1) is 4.88 Å². The number of likely N-dealkylation sites (tertiary alicyclic amines) is 1. The van der Waals surface area contributed by atoms with Crippen molar-refractivity contribution in [2.24, 2.45) is 0 Å². The van der Waals surface area contributed by atoms with Crippen LogP contribution in [-0.2, 0) is 0 Å². The topological polar surface area (TPSA) is 75.0 Å². The number of carbonyl (C=O) groups is 1. The molecule has 0 bridgehead atoms. The number of piperidine rings is 1. The van der Waals surface area contributed by atoms with Crippen LogP contribution >= 0.6 is 11.3 Å². The molecule has 1 aliphatic rings. The SMILES string of the molecule is Cc1sc(C(=O)N2CCCC(c3ccn[nH]3)C2)cc1N. The number of nitrogens with one attached hydrogen (secondary N) is 1. The normalized spacial score (nSPS) is 19.2. The maximum atomic E-state index is 12.5. The van der Waals surface area contributed by atoms with E-state index < -0.39 is 0 Å². The van der Waals surface area contributed by atoms with E-state index in [1.54, 1.807) is 12.3 Å². The van der Waals surface area contributed by atoms with E-state index in [2.05, 4.69) is 10.2 Å². The van der Waals surface area contributed by atoms with Crippen molar-refractivity contribution in [3.05, 3.63) is 33.8 Å². The lowest BCUT2D eigenvalue weighted by Crippen LogP contribution is -2.38. The van der Waals surface area contributed by atoms with Crippen molar-refractivity contribution >= 4 is 22.9 Å². The molecule has 1 atom stereocenters. The van der Waals surface area contributed by atoms with E-state index in [4.69, 9.17) is 5.73 Å². The van der Waals surface area contributed by atoms with Crippen molar-refractivity contribution in [1.29, 1.82) is 0 Å². The second-order valence-electron chi connectivity index (χ2n) is 5.22. The first-order chi connectivity index (χ1) is 9.65. The van der Waals surface area contributed by atoms with Gasteiger partial charge in [-0.05, 0) is 31.9 Å². The number of nitrogen functional groups attached to an aromatic ring is 1. The molecule has 20 heavy (non-hydrogen) atoms. The van der Waals surface area contributed by atoms with E-state index in [9.17, 15) is 4.79 Å². The van der Waals surface area contributed by atoms with Crippen LogP contribution in [0.4, 0.5) is 5.69 Å². The number of amides is 1. The van der Waals surface area contributed by atoms with Crippen LogP contribution in [0.15, 0.2) is 18.3 Å². The van der Waals surface area contributed by atoms with Crippen LogP contribution in [0.3, 0.4) is 0 Å². The van der Waals surface area contributed by atoms with Gasteiger partial charge >= 0.3 is 0 Å². The molecule has 0 aromatic carbocycles. The molecule has 2 aromatic rings. The Bertz CT molecular complexity index is 585. The van der Waals surface area contributed by atoms with Crippen molar-refractivity contribution in [2.75, 3.05) is 18.8 Å². The van der Waals surface area contributed by atoms with Crippen LogP contribution in [-0.4, -0.2) is 34.1 Å². The van der Waals surface area contributed by atoms with Gasteiger partial charge < -0.3 is 10.6 Å². The third kappa shape index (κ3) is 2.43. The van der Waals surface area contributed by atoms with E-state index in [1.807, 2.05) is 17.9 Å². The zero-order chi connectivity index (χ0) is 14.1. The van der Waals surface area contributed by atoms with Crippen molar-refractivity contribution in [1.82, 2.24) is 15.1 Å². The third-order valence-electron chi connectivity index (χ3n) is 3.84. The summed E-state index contributed by atoms with van der Waals surface area (Å²) in [5, 5.41) is 7.01. The second-order valence-corrected chi connectivity index (χ2v) is 6.48. The molecule has 1 saturated heterocycles. The van der Waals surface area contributed by atoms with Crippen LogP contribution in [0, 0.1) is 6.92 Å². The monoisotopic (exact) mass is 290 g/mol. The standard InChI is InChI=1S/C14H18N4OS/c1-9-11(15)7-13(20-9)14(19)18-6-2-3-10(8-18)12-4-5-16-17-12/h4-5,7,10H,2-3,6,8,15H2,1H3,(H,16,17). The highest BCUT2D eigenvalue weighted by Crippen LogP contribution is 2.29. The number of nitrogens with zero attached hydrogens (tertiary/aromatic N) is 2. The first-order valence-corrected chi connectivity index (χ1v) is 7.61. The van der Waals surface area contributed by atoms with Gasteiger partial charge in [0.1, 0.15) is 0 Å². The molecule has 0 radical (unpaired) electrons. The predicted molar refractivity (Wildman–Crippen MR) is 79.9 cm³/mol. The molecule has 2 aromatic heterocycles. The van der Waals surface area contributed by atoms with E-state index in [1.165, 1.54) is 11.3 Å². The highest BCUT2D eigenvalue weighted by Gasteiger charge is 2.27. The summed E-state index contributed by atoms with van der Waals surface area (Å²) in [5.74, 6) is 0.452. The van der Waals surface area contributed by atoms with Gasteiger partial charge in [-0.2, -0.15) is 5.10 Å². The van der Waals surface area contributed by atoms with Gasteiger partial charge in [0.15, 0.2) is 0 Å². The van der Waals surface area contributed by atoms with Crippen LogP contribution in [0.25, 0.3) is 0 Å². The third-order valence-corrected chi connectivity index (χ3v) is 4.89. The molecular formula is C14H18N4OS. The van der Waals surface area contributed by atoms with Crippen molar-refractivity contribution in [3.63, 3.8) is 0 Å². The number of aromatic nitrogens is 2. The van der Waals surface area contributed by atoms with Gasteiger partial charge in [-0.3, -0.25) is 9.89 Å². The number of aromatic amines is 1. The first-order valence-electron chi connectivity index (χ1n) is 6.79. The zero-order valence-electron chi connectivity index (χ0n) is 11.4. The number of rotatable bonds is 2. The fourth-order valence-corrected chi connectivity index (χ4v) is 3.58. The Morgan fingerprint density at radius 3 is 3.10 bits per heavy atom. The van der Waals surface area contributed by atoms with E-state index >= 15 is 0 Å². The lowest BCUT2D eigenvalue weighted by molar-refractivity contribution is 0.0711. The van der Waals surface area contributed by atoms with Crippen molar-refractivity contribution in [2.45, 2.75) is 25.7 Å². The molecule has 1 aliphatic heterocycles. The van der Waals surface area contributed by atoms with Gasteiger partial charge in [0, 0.05) is 41.5 Å². The van der Waals surface area contributed by atoms with Gasteiger partial charge in [0.2, 0.25) is 0 Å². The Hall–Kier alpha value is -1.82. The summed E-state index contributed by atoms with van der Waals surface area (Å²) in [7, 11) is 0. The summed E-state index contributed by atoms with van der Waals surface area (Å²) < 4.78 is 0. The first kappa shape index (κ1) is 13.2. The van der Waals surface area contributed by atoms with E-state index in [0.29, 0.717) is 11.6 Å². The van der Waals surface area contributed by atoms with Crippen LogP contribution in [0.2, 0.25) is 0 Å². The largest absolute Gasteiger partial charge is 0.398 e. The molecule has 1 amide bonds. The summed E-state index contributed by atoms with van der Waals surface area (Å²) in [4.78, 5) is 16.2. The van der Waals surface area contributed by atoms with E-state index in [-0.39, 0.29) is 5.91 Å². The van der Waals surface area contributed by atoms with Crippen LogP contribution < -0.4 is 5.73 Å². The molecule has 106 valence electrons. The molecule has 0 saturated carbocycles. The van der Waals surface area contributed by atoms with Crippen molar-refractivity contribution in [3.8, 4) is 0 Å². The van der Waals surface area contributed by atoms with Gasteiger partial charge in [-0.1, -0.05) is 0 Å². The molecule has 1 fully saturated rings. The molecule has 1 unspecified atom stereocenters. The number of hydrogen-bond donors (Lipinski definition) is 2. The predicted octanol–water partition coefficient (Wildman–Crippen LogP) is 2.38. The lowest BCUT2D eigenvalue weighted by Gasteiger charge is -2.31. The molecule has 3 heterocycles. The summed E-state index contributed by atoms with van der Waals surface area (Å²) in [6.45, 7) is 3.51. The summed E-state index contributed by atoms with van der Waals surface area (Å²) in [6, 6.07) is 3.79. The van der Waals surface area contributed by atoms with Gasteiger partial charge in [-0.15, -0.1) is 11.3 Å². The van der Waals surface area contributed by atoms with Crippen molar-refractivity contribution < 1.29 is 4.79 Å². The Balaban J connectivity index is 1.75. The van der Waals surface area contributed by atoms with E-state index in [0.717, 1.165) is 41.4 Å².